The van der Waals surface area contributed by atoms with Crippen LogP contribution in [-0.2, 0) is 5.88 Å². The molecule has 29 heavy (non-hydrogen) atoms. The van der Waals surface area contributed by atoms with Crippen LogP contribution in [0.3, 0.4) is 0 Å². The number of hydrogen-bond acceptors (Lipinski definition) is 5. The number of ketones is 1. The number of carbonyl (C=O) groups excluding carboxylic acids is 1. The van der Waals surface area contributed by atoms with Crippen molar-refractivity contribution >= 4 is 28.4 Å². The number of rotatable bonds is 9. The molecule has 3 aromatic rings. The number of alkyl halides is 1. The molecule has 0 N–H and O–H groups in total. The molecule has 152 valence electrons. The summed E-state index contributed by atoms with van der Waals surface area (Å²) in [4.78, 5) is 25.5. The second kappa shape index (κ2) is 9.61. The van der Waals surface area contributed by atoms with Crippen molar-refractivity contribution in [2.75, 3.05) is 13.2 Å². The average Bonchev–Trinajstić information content (AvgIpc) is 2.75. The maximum absolute atomic E-state index is 12.8. The number of carbonyl (C=O) groups is 1. The van der Waals surface area contributed by atoms with Crippen LogP contribution < -0.4 is 15.1 Å². The highest BCUT2D eigenvalue weighted by Crippen LogP contribution is 2.37. The Labute approximate surface area is 174 Å². The number of fused-ring (bicyclic) bond motifs is 1. The summed E-state index contributed by atoms with van der Waals surface area (Å²) in [6.07, 6.45) is 1.62. The molecule has 0 aliphatic heterocycles. The van der Waals surface area contributed by atoms with E-state index in [4.69, 9.17) is 25.5 Å². The van der Waals surface area contributed by atoms with Crippen LogP contribution in [0.1, 0.15) is 48.2 Å². The molecule has 3 rings (SSSR count). The fraction of sp³-hybridized carbons (Fsp3) is 0.304. The topological polar surface area (TPSA) is 65.7 Å². The van der Waals surface area contributed by atoms with Gasteiger partial charge in [-0.2, -0.15) is 0 Å². The summed E-state index contributed by atoms with van der Waals surface area (Å²) in [7, 11) is 0. The SMILES string of the molecule is CCCOc1cc(OCCC)c2cc(C(=O)c3ccccc3)c(=O)oc2c1CCl. The molecule has 0 saturated heterocycles. The Kier molecular flexibility index (Phi) is 6.94. The molecule has 1 aromatic heterocycles. The monoisotopic (exact) mass is 414 g/mol. The zero-order valence-electron chi connectivity index (χ0n) is 16.5. The Balaban J connectivity index is 2.22. The summed E-state index contributed by atoms with van der Waals surface area (Å²) in [5.74, 6) is 0.707. The third-order valence-corrected chi connectivity index (χ3v) is 4.65. The highest BCUT2D eigenvalue weighted by Gasteiger charge is 2.21. The Bertz CT molecular complexity index is 1060. The van der Waals surface area contributed by atoms with Crippen LogP contribution in [0, 0.1) is 0 Å². The number of hydrogen-bond donors (Lipinski definition) is 0. The van der Waals surface area contributed by atoms with Gasteiger partial charge >= 0.3 is 5.63 Å². The quantitative estimate of drug-likeness (QED) is 0.268. The molecule has 0 atom stereocenters. The van der Waals surface area contributed by atoms with E-state index in [1.165, 1.54) is 6.07 Å². The molecule has 0 fully saturated rings. The molecule has 0 bridgehead atoms. The van der Waals surface area contributed by atoms with Gasteiger partial charge in [-0.05, 0) is 18.9 Å². The van der Waals surface area contributed by atoms with Crippen molar-refractivity contribution < 1.29 is 18.7 Å². The third kappa shape index (κ3) is 4.46. The van der Waals surface area contributed by atoms with Gasteiger partial charge in [0.25, 0.3) is 0 Å². The fourth-order valence-electron chi connectivity index (χ4n) is 2.98. The number of halogens is 1. The lowest BCUT2D eigenvalue weighted by Crippen LogP contribution is -2.15. The van der Waals surface area contributed by atoms with Crippen molar-refractivity contribution in [3.8, 4) is 11.5 Å². The van der Waals surface area contributed by atoms with Gasteiger partial charge in [-0.1, -0.05) is 44.2 Å². The molecule has 0 spiro atoms. The van der Waals surface area contributed by atoms with Crippen LogP contribution >= 0.6 is 11.6 Å². The Morgan fingerprint density at radius 1 is 1.00 bits per heavy atom. The van der Waals surface area contributed by atoms with Crippen molar-refractivity contribution in [3.05, 3.63) is 69.6 Å². The first kappa shape index (κ1) is 20.9. The van der Waals surface area contributed by atoms with Gasteiger partial charge in [-0.25, -0.2) is 4.79 Å². The average molecular weight is 415 g/mol. The van der Waals surface area contributed by atoms with Gasteiger partial charge < -0.3 is 13.9 Å². The molecule has 6 heteroatoms. The van der Waals surface area contributed by atoms with Crippen molar-refractivity contribution in [2.24, 2.45) is 0 Å². The number of benzene rings is 2. The van der Waals surface area contributed by atoms with Gasteiger partial charge in [0.2, 0.25) is 0 Å². The molecule has 1 heterocycles. The Morgan fingerprint density at radius 3 is 2.28 bits per heavy atom. The van der Waals surface area contributed by atoms with Gasteiger partial charge in [0.15, 0.2) is 5.78 Å². The highest BCUT2D eigenvalue weighted by atomic mass is 35.5. The van der Waals surface area contributed by atoms with Crippen LogP contribution in [0.4, 0.5) is 0 Å². The van der Waals surface area contributed by atoms with Crippen LogP contribution in [0.5, 0.6) is 11.5 Å². The van der Waals surface area contributed by atoms with Gasteiger partial charge in [0.1, 0.15) is 22.6 Å². The third-order valence-electron chi connectivity index (χ3n) is 4.38. The second-order valence-corrected chi connectivity index (χ2v) is 6.83. The van der Waals surface area contributed by atoms with E-state index in [1.54, 1.807) is 36.4 Å². The molecule has 0 saturated carbocycles. The minimum atomic E-state index is -0.716. The van der Waals surface area contributed by atoms with Gasteiger partial charge in [0.05, 0.1) is 30.0 Å². The van der Waals surface area contributed by atoms with E-state index in [-0.39, 0.29) is 17.0 Å². The second-order valence-electron chi connectivity index (χ2n) is 6.57. The van der Waals surface area contributed by atoms with E-state index in [0.29, 0.717) is 41.2 Å². The van der Waals surface area contributed by atoms with Crippen molar-refractivity contribution in [2.45, 2.75) is 32.6 Å². The van der Waals surface area contributed by atoms with Crippen LogP contribution in [0.25, 0.3) is 11.0 Å². The molecule has 0 radical (unpaired) electrons. The molecule has 0 unspecified atom stereocenters. The van der Waals surface area contributed by atoms with E-state index in [2.05, 4.69) is 0 Å². The van der Waals surface area contributed by atoms with E-state index < -0.39 is 11.4 Å². The largest absolute Gasteiger partial charge is 0.493 e. The van der Waals surface area contributed by atoms with E-state index in [0.717, 1.165) is 12.8 Å². The predicted molar refractivity (Wildman–Crippen MR) is 113 cm³/mol. The summed E-state index contributed by atoms with van der Waals surface area (Å²) >= 11 is 6.15. The zero-order chi connectivity index (χ0) is 20.8. The first-order chi connectivity index (χ1) is 14.1. The smallest absolute Gasteiger partial charge is 0.347 e. The summed E-state index contributed by atoms with van der Waals surface area (Å²) in [5.41, 5.74) is 0.499. The van der Waals surface area contributed by atoms with E-state index in [9.17, 15) is 9.59 Å². The Morgan fingerprint density at radius 2 is 1.66 bits per heavy atom. The summed E-state index contributed by atoms with van der Waals surface area (Å²) in [5, 5.41) is 0.525. The van der Waals surface area contributed by atoms with E-state index in [1.807, 2.05) is 13.8 Å². The minimum absolute atomic E-state index is 0.0483. The maximum Gasteiger partial charge on any atom is 0.347 e. The lowest BCUT2D eigenvalue weighted by atomic mass is 10.0. The lowest BCUT2D eigenvalue weighted by molar-refractivity contribution is 0.103. The molecule has 0 amide bonds. The normalized spacial score (nSPS) is 10.9. The number of ether oxygens (including phenoxy) is 2. The lowest BCUT2D eigenvalue weighted by Gasteiger charge is -2.16. The maximum atomic E-state index is 12.8. The zero-order valence-corrected chi connectivity index (χ0v) is 17.3. The Hall–Kier alpha value is -2.79. The van der Waals surface area contributed by atoms with Gasteiger partial charge in [0, 0.05) is 11.6 Å². The summed E-state index contributed by atoms with van der Waals surface area (Å²) < 4.78 is 17.2. The highest BCUT2D eigenvalue weighted by molar-refractivity contribution is 6.18. The van der Waals surface area contributed by atoms with Crippen molar-refractivity contribution in [3.63, 3.8) is 0 Å². The predicted octanol–water partition coefficient (Wildman–Crippen LogP) is 5.34. The minimum Gasteiger partial charge on any atom is -0.493 e. The van der Waals surface area contributed by atoms with Gasteiger partial charge in [-0.15, -0.1) is 11.6 Å². The fourth-order valence-corrected chi connectivity index (χ4v) is 3.23. The van der Waals surface area contributed by atoms with Crippen molar-refractivity contribution in [1.29, 1.82) is 0 Å². The summed E-state index contributed by atoms with van der Waals surface area (Å²) in [6, 6.07) is 11.9. The standard InChI is InChI=1S/C23H23ClO5/c1-3-10-27-19-13-20(28-11-4-2)18(14-24)22-16(19)12-17(23(26)29-22)21(25)15-8-6-5-7-9-15/h5-9,12-13H,3-4,10-11,14H2,1-2H3. The molecular formula is C23H23ClO5. The van der Waals surface area contributed by atoms with Crippen LogP contribution in [0.15, 0.2) is 51.7 Å². The molecule has 2 aromatic carbocycles. The van der Waals surface area contributed by atoms with Gasteiger partial charge in [-0.3, -0.25) is 4.79 Å². The first-order valence-corrected chi connectivity index (χ1v) is 10.2. The molecule has 0 aliphatic carbocycles. The molecule has 0 aliphatic rings. The van der Waals surface area contributed by atoms with E-state index >= 15 is 0 Å². The molecular weight excluding hydrogens is 392 g/mol. The van der Waals surface area contributed by atoms with Crippen molar-refractivity contribution in [1.82, 2.24) is 0 Å². The molecule has 5 nitrogen and oxygen atoms in total. The summed E-state index contributed by atoms with van der Waals surface area (Å²) in [6.45, 7) is 4.97. The first-order valence-electron chi connectivity index (χ1n) is 9.65. The van der Waals surface area contributed by atoms with Crippen LogP contribution in [-0.4, -0.2) is 19.0 Å². The van der Waals surface area contributed by atoms with Crippen LogP contribution in [0.2, 0.25) is 0 Å².